The van der Waals surface area contributed by atoms with Gasteiger partial charge in [-0.2, -0.15) is 0 Å². The van der Waals surface area contributed by atoms with Crippen LogP contribution in [0, 0.1) is 20.2 Å². The highest BCUT2D eigenvalue weighted by Crippen LogP contribution is 2.27. The lowest BCUT2D eigenvalue weighted by Crippen LogP contribution is -2.27. The third-order valence-electron chi connectivity index (χ3n) is 3.44. The zero-order valence-corrected chi connectivity index (χ0v) is 16.4. The van der Waals surface area contributed by atoms with Crippen LogP contribution in [0.4, 0.5) is 0 Å². The SMILES string of the molecule is C=C/C=C(\C=C)Oc1cccc(C(C)C(=O)SCC(CO[N+](=O)[O-])O[N+](=O)[O-])c1. The van der Waals surface area contributed by atoms with Crippen LogP contribution in [0.15, 0.2) is 61.4 Å². The van der Waals surface area contributed by atoms with Gasteiger partial charge in [-0.15, -0.1) is 20.2 Å². The number of carbonyl (C=O) groups is 1. The average Bonchev–Trinajstić information content (AvgIpc) is 2.68. The fourth-order valence-electron chi connectivity index (χ4n) is 2.05. The molecular weight excluding hydrogens is 404 g/mol. The van der Waals surface area contributed by atoms with E-state index in [0.717, 1.165) is 11.8 Å². The minimum Gasteiger partial charge on any atom is -0.457 e. The number of allylic oxidation sites excluding steroid dienone is 3. The number of thioether (sulfide) groups is 1. The third kappa shape index (κ3) is 8.93. The summed E-state index contributed by atoms with van der Waals surface area (Å²) in [5.41, 5.74) is 0.662. The topological polar surface area (TPSA) is 131 Å². The van der Waals surface area contributed by atoms with E-state index in [1.54, 1.807) is 43.3 Å². The van der Waals surface area contributed by atoms with Crippen molar-refractivity contribution in [2.24, 2.45) is 0 Å². The normalized spacial score (nSPS) is 12.9. The highest BCUT2D eigenvalue weighted by Gasteiger charge is 2.22. The Bertz CT molecular complexity index is 796. The summed E-state index contributed by atoms with van der Waals surface area (Å²) >= 11 is 0.761. The summed E-state index contributed by atoms with van der Waals surface area (Å²) in [6.07, 6.45) is 3.44. The molecule has 0 aliphatic heterocycles. The van der Waals surface area contributed by atoms with E-state index in [-0.39, 0.29) is 10.9 Å². The molecule has 10 nitrogen and oxygen atoms in total. The van der Waals surface area contributed by atoms with Crippen LogP contribution < -0.4 is 4.74 Å². The van der Waals surface area contributed by atoms with E-state index in [1.165, 1.54) is 6.08 Å². The van der Waals surface area contributed by atoms with Gasteiger partial charge in [0.25, 0.3) is 10.2 Å². The van der Waals surface area contributed by atoms with Gasteiger partial charge in [-0.3, -0.25) is 4.79 Å². The second-order valence-electron chi connectivity index (χ2n) is 5.51. The predicted molar refractivity (Wildman–Crippen MR) is 106 cm³/mol. The van der Waals surface area contributed by atoms with Crippen molar-refractivity contribution >= 4 is 16.9 Å². The number of hydrogen-bond donors (Lipinski definition) is 0. The van der Waals surface area contributed by atoms with Crippen molar-refractivity contribution in [3.05, 3.63) is 87.2 Å². The summed E-state index contributed by atoms with van der Waals surface area (Å²) in [5.74, 6) is 0.230. The Morgan fingerprint density at radius 3 is 2.59 bits per heavy atom. The molecule has 2 atom stereocenters. The molecule has 0 fully saturated rings. The maximum Gasteiger partial charge on any atom is 0.294 e. The fourth-order valence-corrected chi connectivity index (χ4v) is 2.95. The zero-order chi connectivity index (χ0) is 21.8. The first-order valence-electron chi connectivity index (χ1n) is 8.24. The molecule has 0 N–H and O–H groups in total. The van der Waals surface area contributed by atoms with Crippen molar-refractivity contribution in [3.63, 3.8) is 0 Å². The zero-order valence-electron chi connectivity index (χ0n) is 15.6. The van der Waals surface area contributed by atoms with Crippen molar-refractivity contribution in [3.8, 4) is 5.75 Å². The number of benzene rings is 1. The second kappa shape index (κ2) is 12.2. The predicted octanol–water partition coefficient (Wildman–Crippen LogP) is 3.47. The van der Waals surface area contributed by atoms with E-state index < -0.39 is 28.8 Å². The lowest BCUT2D eigenvalue weighted by Gasteiger charge is -2.15. The lowest BCUT2D eigenvalue weighted by atomic mass is 10.0. The van der Waals surface area contributed by atoms with Crippen LogP contribution in [0.2, 0.25) is 0 Å². The quantitative estimate of drug-likeness (QED) is 0.202. The largest absolute Gasteiger partial charge is 0.457 e. The van der Waals surface area contributed by atoms with E-state index >= 15 is 0 Å². The Morgan fingerprint density at radius 1 is 1.28 bits per heavy atom. The van der Waals surface area contributed by atoms with Gasteiger partial charge in [0.15, 0.2) is 5.12 Å². The molecule has 0 bridgehead atoms. The van der Waals surface area contributed by atoms with Crippen molar-refractivity contribution < 1.29 is 29.4 Å². The average molecular weight is 424 g/mol. The first kappa shape index (κ1) is 23.7. The molecule has 29 heavy (non-hydrogen) atoms. The van der Waals surface area contributed by atoms with Crippen molar-refractivity contribution in [1.82, 2.24) is 0 Å². The molecule has 0 aromatic heterocycles. The van der Waals surface area contributed by atoms with Crippen LogP contribution >= 0.6 is 11.8 Å². The summed E-state index contributed by atoms with van der Waals surface area (Å²) in [4.78, 5) is 41.6. The minimum atomic E-state index is -1.26. The number of hydrogen-bond acceptors (Lipinski definition) is 9. The Morgan fingerprint density at radius 2 is 2.00 bits per heavy atom. The van der Waals surface area contributed by atoms with E-state index in [9.17, 15) is 25.0 Å². The molecule has 1 rings (SSSR count). The molecule has 0 amide bonds. The van der Waals surface area contributed by atoms with Gasteiger partial charge in [0.1, 0.15) is 24.2 Å². The number of rotatable bonds is 13. The number of carbonyl (C=O) groups excluding carboxylic acids is 1. The number of nitrogens with zero attached hydrogens (tertiary/aromatic N) is 2. The highest BCUT2D eigenvalue weighted by molar-refractivity contribution is 8.13. The molecule has 0 spiro atoms. The fraction of sp³-hybridized carbons (Fsp3) is 0.278. The second-order valence-corrected chi connectivity index (χ2v) is 6.53. The van der Waals surface area contributed by atoms with Gasteiger partial charge >= 0.3 is 0 Å². The van der Waals surface area contributed by atoms with Crippen molar-refractivity contribution in [1.29, 1.82) is 0 Å². The van der Waals surface area contributed by atoms with Gasteiger partial charge in [0, 0.05) is 5.75 Å². The third-order valence-corrected chi connectivity index (χ3v) is 4.62. The molecule has 0 radical (unpaired) electrons. The van der Waals surface area contributed by atoms with Gasteiger partial charge in [-0.1, -0.05) is 50.1 Å². The van der Waals surface area contributed by atoms with Crippen LogP contribution in [0.25, 0.3) is 0 Å². The van der Waals surface area contributed by atoms with E-state index in [1.807, 2.05) is 0 Å². The van der Waals surface area contributed by atoms with E-state index in [0.29, 0.717) is 17.1 Å². The lowest BCUT2D eigenvalue weighted by molar-refractivity contribution is -0.788. The van der Waals surface area contributed by atoms with Crippen LogP contribution in [0.5, 0.6) is 5.75 Å². The van der Waals surface area contributed by atoms with Gasteiger partial charge < -0.3 is 14.4 Å². The molecule has 2 unspecified atom stereocenters. The van der Waals surface area contributed by atoms with Gasteiger partial charge in [0.2, 0.25) is 0 Å². The Labute approximate surface area is 171 Å². The maximum absolute atomic E-state index is 12.4. The molecule has 0 aliphatic rings. The first-order chi connectivity index (χ1) is 13.8. The highest BCUT2D eigenvalue weighted by atomic mass is 32.2. The molecule has 11 heteroatoms. The molecule has 0 heterocycles. The first-order valence-corrected chi connectivity index (χ1v) is 9.23. The Kier molecular flexibility index (Phi) is 9.96. The van der Waals surface area contributed by atoms with Gasteiger partial charge in [0.05, 0.1) is 5.92 Å². The summed E-state index contributed by atoms with van der Waals surface area (Å²) in [5, 5.41) is 18.3. The van der Waals surface area contributed by atoms with Crippen LogP contribution in [-0.2, 0) is 14.5 Å². The maximum atomic E-state index is 12.4. The summed E-state index contributed by atoms with van der Waals surface area (Å²) < 4.78 is 5.65. The molecule has 0 saturated carbocycles. The summed E-state index contributed by atoms with van der Waals surface area (Å²) in [6, 6.07) is 6.85. The monoisotopic (exact) mass is 424 g/mol. The molecule has 0 saturated heterocycles. The van der Waals surface area contributed by atoms with Gasteiger partial charge in [-0.25, -0.2) is 0 Å². The molecule has 156 valence electrons. The minimum absolute atomic E-state index is 0.184. The van der Waals surface area contributed by atoms with Crippen molar-refractivity contribution in [2.45, 2.75) is 18.9 Å². The van der Waals surface area contributed by atoms with Crippen LogP contribution in [0.3, 0.4) is 0 Å². The van der Waals surface area contributed by atoms with Gasteiger partial charge in [-0.05, 0) is 29.8 Å². The molecular formula is C18H20N2O8S. The Hall–Kier alpha value is -3.34. The number of ether oxygens (including phenoxy) is 1. The summed E-state index contributed by atoms with van der Waals surface area (Å²) in [6.45, 7) is 8.23. The van der Waals surface area contributed by atoms with E-state index in [2.05, 4.69) is 22.8 Å². The van der Waals surface area contributed by atoms with E-state index in [4.69, 9.17) is 4.74 Å². The Balaban J connectivity index is 2.76. The molecule has 0 aliphatic carbocycles. The van der Waals surface area contributed by atoms with Crippen LogP contribution in [-0.4, -0.2) is 33.8 Å². The standard InChI is InChI=1S/C18H20N2O8S/c1-4-7-15(5-2)27-16-9-6-8-14(10-16)13(3)18(21)29-12-17(28-20(24)25)11-26-19(22)23/h4-10,13,17H,1-2,11-12H2,3H3/b15-7+. The summed E-state index contributed by atoms with van der Waals surface area (Å²) in [7, 11) is 0. The smallest absolute Gasteiger partial charge is 0.294 e. The molecule has 1 aromatic rings. The molecule has 1 aromatic carbocycles. The van der Waals surface area contributed by atoms with Crippen LogP contribution in [0.1, 0.15) is 18.4 Å². The van der Waals surface area contributed by atoms with Crippen molar-refractivity contribution in [2.75, 3.05) is 12.4 Å².